The van der Waals surface area contributed by atoms with Gasteiger partial charge in [0.05, 0.1) is 18.2 Å². The van der Waals surface area contributed by atoms with Crippen molar-refractivity contribution in [3.05, 3.63) is 95.1 Å². The highest BCUT2D eigenvalue weighted by molar-refractivity contribution is 6.31. The van der Waals surface area contributed by atoms with E-state index < -0.39 is 6.04 Å². The third-order valence-electron chi connectivity index (χ3n) is 5.03. The number of hydrogen-bond acceptors (Lipinski definition) is 3. The van der Waals surface area contributed by atoms with Crippen LogP contribution in [0.2, 0.25) is 5.02 Å². The van der Waals surface area contributed by atoms with Gasteiger partial charge in [-0.15, -0.1) is 0 Å². The van der Waals surface area contributed by atoms with Gasteiger partial charge >= 0.3 is 0 Å². The quantitative estimate of drug-likeness (QED) is 0.535. The smallest absolute Gasteiger partial charge is 0.226 e. The molecule has 1 aliphatic heterocycles. The molecule has 2 amide bonds. The van der Waals surface area contributed by atoms with E-state index in [4.69, 9.17) is 16.3 Å². The summed E-state index contributed by atoms with van der Waals surface area (Å²) in [5.41, 5.74) is 2.39. The van der Waals surface area contributed by atoms with Crippen LogP contribution in [0.3, 0.4) is 0 Å². The van der Waals surface area contributed by atoms with Gasteiger partial charge in [0.15, 0.2) is 5.75 Å². The molecule has 0 bridgehead atoms. The minimum atomic E-state index is -0.392. The predicted molar refractivity (Wildman–Crippen MR) is 122 cm³/mol. The second-order valence-electron chi connectivity index (χ2n) is 7.19. The van der Waals surface area contributed by atoms with Crippen molar-refractivity contribution in [3.63, 3.8) is 0 Å². The molecule has 1 unspecified atom stereocenters. The molecule has 0 aromatic heterocycles. The Morgan fingerprint density at radius 2 is 1.77 bits per heavy atom. The number of carbonyl (C=O) groups is 2. The lowest BCUT2D eigenvalue weighted by atomic mass is 9.93. The van der Waals surface area contributed by atoms with Gasteiger partial charge in [0.1, 0.15) is 5.75 Å². The van der Waals surface area contributed by atoms with Gasteiger partial charge in [-0.2, -0.15) is 0 Å². The number of hydrogen-bond donors (Lipinski definition) is 1. The summed E-state index contributed by atoms with van der Waals surface area (Å²) in [6.45, 7) is 1.49. The third kappa shape index (κ3) is 4.78. The van der Waals surface area contributed by atoms with Crippen LogP contribution in [0.5, 0.6) is 11.5 Å². The van der Waals surface area contributed by atoms with Gasteiger partial charge in [0.25, 0.3) is 0 Å². The Kier molecular flexibility index (Phi) is 6.05. The number of rotatable bonds is 5. The number of benzene rings is 3. The zero-order valence-corrected chi connectivity index (χ0v) is 17.7. The van der Waals surface area contributed by atoms with Gasteiger partial charge in [0, 0.05) is 18.1 Å². The van der Waals surface area contributed by atoms with E-state index in [2.05, 4.69) is 5.32 Å². The van der Waals surface area contributed by atoms with Crippen molar-refractivity contribution < 1.29 is 14.3 Å². The number of amides is 2. The zero-order chi connectivity index (χ0) is 21.8. The van der Waals surface area contributed by atoms with E-state index in [9.17, 15) is 9.59 Å². The molecule has 0 radical (unpaired) electrons. The summed E-state index contributed by atoms with van der Waals surface area (Å²) in [6.07, 6.45) is 3.71. The Labute approximate surface area is 185 Å². The fourth-order valence-corrected chi connectivity index (χ4v) is 3.77. The maximum atomic E-state index is 13.0. The first-order valence-corrected chi connectivity index (χ1v) is 10.3. The highest BCUT2D eigenvalue weighted by Crippen LogP contribution is 2.35. The first kappa shape index (κ1) is 20.7. The average Bonchev–Trinajstić information content (AvgIpc) is 2.76. The van der Waals surface area contributed by atoms with E-state index >= 15 is 0 Å². The number of anilines is 1. The minimum absolute atomic E-state index is 0.0955. The van der Waals surface area contributed by atoms with Crippen LogP contribution in [0.1, 0.15) is 30.5 Å². The maximum Gasteiger partial charge on any atom is 0.226 e. The summed E-state index contributed by atoms with van der Waals surface area (Å²) in [5.74, 6) is 0.756. The maximum absolute atomic E-state index is 13.0. The highest BCUT2D eigenvalue weighted by Gasteiger charge is 2.28. The first-order chi connectivity index (χ1) is 15.0. The number of fused-ring (bicyclic) bond motifs is 1. The molecule has 1 aliphatic rings. The molecule has 5 nitrogen and oxygen atoms in total. The monoisotopic (exact) mass is 432 g/mol. The van der Waals surface area contributed by atoms with Crippen LogP contribution in [0.4, 0.5) is 5.69 Å². The van der Waals surface area contributed by atoms with Gasteiger partial charge in [-0.05, 0) is 47.5 Å². The molecule has 6 heteroatoms. The first-order valence-electron chi connectivity index (χ1n) is 9.89. The summed E-state index contributed by atoms with van der Waals surface area (Å²) in [6, 6.07) is 21.7. The Morgan fingerprint density at radius 1 is 1.03 bits per heavy atom. The largest absolute Gasteiger partial charge is 0.455 e. The molecule has 1 N–H and O–H groups in total. The Hall–Kier alpha value is -3.57. The molecule has 1 heterocycles. The van der Waals surface area contributed by atoms with E-state index in [0.717, 1.165) is 11.1 Å². The van der Waals surface area contributed by atoms with Crippen molar-refractivity contribution >= 4 is 35.2 Å². The number of carbonyl (C=O) groups excluding carboxylic acids is 2. The van der Waals surface area contributed by atoms with Gasteiger partial charge in [-0.1, -0.05) is 54.1 Å². The van der Waals surface area contributed by atoms with Crippen molar-refractivity contribution in [1.29, 1.82) is 0 Å². The van der Waals surface area contributed by atoms with Crippen LogP contribution < -0.4 is 10.1 Å². The van der Waals surface area contributed by atoms with Crippen LogP contribution in [-0.2, 0) is 9.59 Å². The Morgan fingerprint density at radius 3 is 2.55 bits per heavy atom. The molecule has 0 saturated heterocycles. The number of nitrogens with zero attached hydrogens (tertiary/aromatic N) is 1. The van der Waals surface area contributed by atoms with Crippen LogP contribution >= 0.6 is 11.6 Å². The molecule has 31 heavy (non-hydrogen) atoms. The molecule has 1 atom stereocenters. The van der Waals surface area contributed by atoms with Crippen LogP contribution in [-0.4, -0.2) is 16.7 Å². The Balaban J connectivity index is 1.56. The van der Waals surface area contributed by atoms with Gasteiger partial charge in [-0.3, -0.25) is 9.59 Å². The van der Waals surface area contributed by atoms with Gasteiger partial charge in [0.2, 0.25) is 11.8 Å². The molecule has 3 aromatic rings. The molecule has 0 saturated carbocycles. The fraction of sp³-hybridized carbons (Fsp3) is 0.120. The molecular formula is C25H21ClN2O3. The van der Waals surface area contributed by atoms with Crippen molar-refractivity contribution in [2.45, 2.75) is 19.4 Å². The number of nitrogens with one attached hydrogen (secondary N) is 1. The topological polar surface area (TPSA) is 58.6 Å². The molecule has 0 spiro atoms. The van der Waals surface area contributed by atoms with E-state index in [1.54, 1.807) is 29.3 Å². The van der Waals surface area contributed by atoms with Gasteiger partial charge in [-0.25, -0.2) is 0 Å². The second-order valence-corrected chi connectivity index (χ2v) is 7.63. The number of halogens is 1. The van der Waals surface area contributed by atoms with Crippen LogP contribution in [0, 0.1) is 0 Å². The molecule has 0 aliphatic carbocycles. The lowest BCUT2D eigenvalue weighted by molar-refractivity contribution is -0.129. The molecule has 4 rings (SSSR count). The normalized spacial score (nSPS) is 14.6. The van der Waals surface area contributed by atoms with E-state index in [0.29, 0.717) is 22.2 Å². The van der Waals surface area contributed by atoms with Crippen molar-refractivity contribution in [1.82, 2.24) is 4.90 Å². The standard InChI is InChI=1S/C25H21ClN2O3/c1-17(29)28-14-13-18-7-5-6-10-21(18)23(28)16-25(30)27-22-15-19(26)11-12-24(22)31-20-8-3-2-4-9-20/h2-15,23H,16H2,1H3,(H,27,30). The molecule has 0 fully saturated rings. The van der Waals surface area contributed by atoms with E-state index in [-0.39, 0.29) is 18.2 Å². The summed E-state index contributed by atoms with van der Waals surface area (Å²) in [5, 5.41) is 3.38. The van der Waals surface area contributed by atoms with Crippen molar-refractivity contribution in [2.24, 2.45) is 0 Å². The third-order valence-corrected chi connectivity index (χ3v) is 5.27. The Bertz CT molecular complexity index is 1140. The minimum Gasteiger partial charge on any atom is -0.455 e. The summed E-state index contributed by atoms with van der Waals surface area (Å²) in [4.78, 5) is 26.8. The molecular weight excluding hydrogens is 412 g/mol. The highest BCUT2D eigenvalue weighted by atomic mass is 35.5. The zero-order valence-electron chi connectivity index (χ0n) is 16.9. The van der Waals surface area contributed by atoms with Crippen LogP contribution in [0.15, 0.2) is 79.0 Å². The molecule has 3 aromatic carbocycles. The van der Waals surface area contributed by atoms with Crippen LogP contribution in [0.25, 0.3) is 6.08 Å². The van der Waals surface area contributed by atoms with Crippen molar-refractivity contribution in [2.75, 3.05) is 5.32 Å². The van der Waals surface area contributed by atoms with E-state index in [1.807, 2.05) is 60.7 Å². The summed E-state index contributed by atoms with van der Waals surface area (Å²) in [7, 11) is 0. The van der Waals surface area contributed by atoms with E-state index in [1.165, 1.54) is 6.92 Å². The SMILES string of the molecule is CC(=O)N1C=Cc2ccccc2C1CC(=O)Nc1cc(Cl)ccc1Oc1ccccc1. The predicted octanol–water partition coefficient (Wildman–Crippen LogP) is 6.04. The summed E-state index contributed by atoms with van der Waals surface area (Å²) < 4.78 is 5.92. The lowest BCUT2D eigenvalue weighted by Crippen LogP contribution is -2.33. The average molecular weight is 433 g/mol. The summed E-state index contributed by atoms with van der Waals surface area (Å²) >= 11 is 6.16. The van der Waals surface area contributed by atoms with Gasteiger partial charge < -0.3 is 15.0 Å². The lowest BCUT2D eigenvalue weighted by Gasteiger charge is -2.32. The number of ether oxygens (including phenoxy) is 1. The second kappa shape index (κ2) is 9.06. The fourth-order valence-electron chi connectivity index (χ4n) is 3.59. The number of para-hydroxylation sites is 1. The molecule has 156 valence electrons. The van der Waals surface area contributed by atoms with Crippen molar-refractivity contribution in [3.8, 4) is 11.5 Å².